The van der Waals surface area contributed by atoms with Gasteiger partial charge in [0.05, 0.1) is 17.5 Å². The van der Waals surface area contributed by atoms with Crippen LogP contribution in [0.25, 0.3) is 0 Å². The number of benzene rings is 1. The molecule has 6 nitrogen and oxygen atoms in total. The van der Waals surface area contributed by atoms with Gasteiger partial charge in [0.2, 0.25) is 0 Å². The standard InChI is InChI=1S/C14H13BrN2O4/c15-9-3-4-11(13(18)19)12(8-9)17-14(20)16-6-5-10-2-1-7-21-10/h1-4,7-8H,5-6H2,(H,18,19)(H2,16,17,20). The molecule has 0 bridgehead atoms. The Morgan fingerprint density at radius 2 is 2.10 bits per heavy atom. The van der Waals surface area contributed by atoms with E-state index in [0.717, 1.165) is 5.76 Å². The normalized spacial score (nSPS) is 10.1. The second-order valence-corrected chi connectivity index (χ2v) is 5.12. The van der Waals surface area contributed by atoms with Crippen molar-refractivity contribution < 1.29 is 19.1 Å². The molecular weight excluding hydrogens is 340 g/mol. The van der Waals surface area contributed by atoms with E-state index in [4.69, 9.17) is 9.52 Å². The van der Waals surface area contributed by atoms with E-state index in [2.05, 4.69) is 26.6 Å². The van der Waals surface area contributed by atoms with E-state index < -0.39 is 12.0 Å². The molecule has 2 amide bonds. The summed E-state index contributed by atoms with van der Waals surface area (Å²) in [5, 5.41) is 14.2. The van der Waals surface area contributed by atoms with Crippen molar-refractivity contribution in [2.24, 2.45) is 0 Å². The minimum absolute atomic E-state index is 0.0272. The Labute approximate surface area is 129 Å². The number of urea groups is 1. The quantitative estimate of drug-likeness (QED) is 0.770. The summed E-state index contributed by atoms with van der Waals surface area (Å²) in [5.74, 6) is -0.336. The summed E-state index contributed by atoms with van der Waals surface area (Å²) in [7, 11) is 0. The Hall–Kier alpha value is -2.28. The fourth-order valence-electron chi connectivity index (χ4n) is 1.73. The van der Waals surface area contributed by atoms with Crippen molar-refractivity contribution >= 4 is 33.6 Å². The Morgan fingerprint density at radius 3 is 2.76 bits per heavy atom. The maximum Gasteiger partial charge on any atom is 0.337 e. The van der Waals surface area contributed by atoms with Gasteiger partial charge in [-0.05, 0) is 30.3 Å². The van der Waals surface area contributed by atoms with Crippen LogP contribution in [0.15, 0.2) is 45.5 Å². The molecule has 0 radical (unpaired) electrons. The van der Waals surface area contributed by atoms with Crippen LogP contribution < -0.4 is 10.6 Å². The Balaban J connectivity index is 1.93. The number of carbonyl (C=O) groups excluding carboxylic acids is 1. The molecule has 1 aromatic heterocycles. The number of anilines is 1. The van der Waals surface area contributed by atoms with Crippen LogP contribution in [0, 0.1) is 0 Å². The van der Waals surface area contributed by atoms with Crippen molar-refractivity contribution in [3.05, 3.63) is 52.4 Å². The second kappa shape index (κ2) is 6.94. The summed E-state index contributed by atoms with van der Waals surface area (Å²) >= 11 is 3.24. The van der Waals surface area contributed by atoms with Gasteiger partial charge in [-0.3, -0.25) is 0 Å². The average molecular weight is 353 g/mol. The smallest absolute Gasteiger partial charge is 0.337 e. The number of carboxylic acids is 1. The Morgan fingerprint density at radius 1 is 1.29 bits per heavy atom. The zero-order valence-corrected chi connectivity index (χ0v) is 12.5. The van der Waals surface area contributed by atoms with Gasteiger partial charge >= 0.3 is 12.0 Å². The van der Waals surface area contributed by atoms with Gasteiger partial charge in [-0.2, -0.15) is 0 Å². The molecule has 110 valence electrons. The molecule has 2 aromatic rings. The van der Waals surface area contributed by atoms with Gasteiger partial charge in [0.1, 0.15) is 5.76 Å². The molecule has 0 fully saturated rings. The van der Waals surface area contributed by atoms with Crippen LogP contribution in [0.2, 0.25) is 0 Å². The SMILES string of the molecule is O=C(NCCc1ccco1)Nc1cc(Br)ccc1C(=O)O. The van der Waals surface area contributed by atoms with Crippen molar-refractivity contribution in [2.75, 3.05) is 11.9 Å². The van der Waals surface area contributed by atoms with E-state index in [1.54, 1.807) is 18.4 Å². The third-order valence-electron chi connectivity index (χ3n) is 2.70. The highest BCUT2D eigenvalue weighted by Gasteiger charge is 2.12. The summed E-state index contributed by atoms with van der Waals surface area (Å²) in [6.07, 6.45) is 2.13. The first-order valence-electron chi connectivity index (χ1n) is 6.16. The van der Waals surface area contributed by atoms with E-state index in [0.29, 0.717) is 17.4 Å². The number of nitrogens with one attached hydrogen (secondary N) is 2. The summed E-state index contributed by atoms with van der Waals surface area (Å²) in [4.78, 5) is 22.9. The topological polar surface area (TPSA) is 91.6 Å². The molecule has 21 heavy (non-hydrogen) atoms. The third-order valence-corrected chi connectivity index (χ3v) is 3.19. The maximum atomic E-state index is 11.8. The number of carboxylic acid groups (broad SMARTS) is 1. The van der Waals surface area contributed by atoms with Crippen molar-refractivity contribution in [1.82, 2.24) is 5.32 Å². The van der Waals surface area contributed by atoms with Crippen LogP contribution in [-0.4, -0.2) is 23.7 Å². The molecule has 3 N–H and O–H groups in total. The number of rotatable bonds is 5. The lowest BCUT2D eigenvalue weighted by molar-refractivity contribution is 0.0698. The molecule has 0 unspecified atom stereocenters. The van der Waals surface area contributed by atoms with Crippen LogP contribution in [0.3, 0.4) is 0 Å². The lowest BCUT2D eigenvalue weighted by atomic mass is 10.2. The second-order valence-electron chi connectivity index (χ2n) is 4.21. The van der Waals surface area contributed by atoms with Crippen molar-refractivity contribution in [3.8, 4) is 0 Å². The first-order chi connectivity index (χ1) is 10.1. The zero-order valence-electron chi connectivity index (χ0n) is 10.9. The van der Waals surface area contributed by atoms with Crippen molar-refractivity contribution in [3.63, 3.8) is 0 Å². The molecule has 2 rings (SSSR count). The number of aromatic carboxylic acids is 1. The first kappa shape index (κ1) is 15.1. The molecule has 1 aromatic carbocycles. The van der Waals surface area contributed by atoms with Gasteiger partial charge < -0.3 is 20.2 Å². The molecule has 0 aliphatic rings. The van der Waals surface area contributed by atoms with Crippen LogP contribution in [0.4, 0.5) is 10.5 Å². The predicted octanol–water partition coefficient (Wildman–Crippen LogP) is 3.10. The molecule has 0 aliphatic carbocycles. The van der Waals surface area contributed by atoms with Crippen LogP contribution >= 0.6 is 15.9 Å². The third kappa shape index (κ3) is 4.35. The highest BCUT2D eigenvalue weighted by molar-refractivity contribution is 9.10. The van der Waals surface area contributed by atoms with Crippen molar-refractivity contribution in [1.29, 1.82) is 0 Å². The van der Waals surface area contributed by atoms with Crippen LogP contribution in [0.5, 0.6) is 0 Å². The number of hydrogen-bond donors (Lipinski definition) is 3. The van der Waals surface area contributed by atoms with Crippen molar-refractivity contribution in [2.45, 2.75) is 6.42 Å². The molecule has 0 saturated heterocycles. The summed E-state index contributed by atoms with van der Waals surface area (Å²) < 4.78 is 5.82. The highest BCUT2D eigenvalue weighted by Crippen LogP contribution is 2.21. The van der Waals surface area contributed by atoms with E-state index in [-0.39, 0.29) is 11.3 Å². The van der Waals surface area contributed by atoms with Gasteiger partial charge in [-0.15, -0.1) is 0 Å². The van der Waals surface area contributed by atoms with E-state index in [1.165, 1.54) is 12.1 Å². The van der Waals surface area contributed by atoms with Crippen LogP contribution in [0.1, 0.15) is 16.1 Å². The fourth-order valence-corrected chi connectivity index (χ4v) is 2.09. The largest absolute Gasteiger partial charge is 0.478 e. The molecule has 0 aliphatic heterocycles. The monoisotopic (exact) mass is 352 g/mol. The summed E-state index contributed by atoms with van der Waals surface area (Å²) in [6, 6.07) is 7.68. The summed E-state index contributed by atoms with van der Waals surface area (Å²) in [5.41, 5.74) is 0.256. The number of halogens is 1. The number of hydrogen-bond acceptors (Lipinski definition) is 3. The van der Waals surface area contributed by atoms with Crippen LogP contribution in [-0.2, 0) is 6.42 Å². The fraction of sp³-hybridized carbons (Fsp3) is 0.143. The molecule has 0 spiro atoms. The molecule has 1 heterocycles. The number of carbonyl (C=O) groups is 2. The van der Waals surface area contributed by atoms with Gasteiger partial charge in [-0.1, -0.05) is 15.9 Å². The van der Waals surface area contributed by atoms with Gasteiger partial charge in [0.25, 0.3) is 0 Å². The molecule has 0 atom stereocenters. The number of amides is 2. The highest BCUT2D eigenvalue weighted by atomic mass is 79.9. The minimum atomic E-state index is -1.10. The average Bonchev–Trinajstić information content (AvgIpc) is 2.91. The maximum absolute atomic E-state index is 11.8. The zero-order chi connectivity index (χ0) is 15.2. The lowest BCUT2D eigenvalue weighted by Gasteiger charge is -2.10. The Bertz CT molecular complexity index is 640. The Kier molecular flexibility index (Phi) is 4.99. The first-order valence-corrected chi connectivity index (χ1v) is 6.95. The summed E-state index contributed by atoms with van der Waals surface area (Å²) in [6.45, 7) is 0.385. The minimum Gasteiger partial charge on any atom is -0.478 e. The van der Waals surface area contributed by atoms with E-state index >= 15 is 0 Å². The predicted molar refractivity (Wildman–Crippen MR) is 80.5 cm³/mol. The van der Waals surface area contributed by atoms with Gasteiger partial charge in [0.15, 0.2) is 0 Å². The lowest BCUT2D eigenvalue weighted by Crippen LogP contribution is -2.31. The van der Waals surface area contributed by atoms with Gasteiger partial charge in [0, 0.05) is 17.4 Å². The molecular formula is C14H13BrN2O4. The van der Waals surface area contributed by atoms with Gasteiger partial charge in [-0.25, -0.2) is 9.59 Å². The van der Waals surface area contributed by atoms with E-state index in [1.807, 2.05) is 6.07 Å². The number of furan rings is 1. The van der Waals surface area contributed by atoms with E-state index in [9.17, 15) is 9.59 Å². The molecule has 7 heteroatoms. The molecule has 0 saturated carbocycles.